The van der Waals surface area contributed by atoms with Crippen molar-refractivity contribution in [2.24, 2.45) is 0 Å². The lowest BCUT2D eigenvalue weighted by Crippen LogP contribution is -2.33. The summed E-state index contributed by atoms with van der Waals surface area (Å²) in [5, 5.41) is 3.43. The van der Waals surface area contributed by atoms with Gasteiger partial charge in [0.05, 0.1) is 6.10 Å². The molecule has 0 amide bonds. The van der Waals surface area contributed by atoms with E-state index in [0.717, 1.165) is 13.2 Å². The Labute approximate surface area is 89.4 Å². The molecule has 0 fully saturated rings. The summed E-state index contributed by atoms with van der Waals surface area (Å²) < 4.78 is 5.81. The third kappa shape index (κ3) is 8.52. The zero-order valence-corrected chi connectivity index (χ0v) is 10.3. The highest BCUT2D eigenvalue weighted by molar-refractivity contribution is 4.63. The third-order valence-corrected chi connectivity index (χ3v) is 2.22. The predicted octanol–water partition coefficient (Wildman–Crippen LogP) is 2.97. The highest BCUT2D eigenvalue weighted by Gasteiger charge is 2.07. The van der Waals surface area contributed by atoms with Crippen LogP contribution >= 0.6 is 0 Å². The second-order valence-electron chi connectivity index (χ2n) is 4.20. The lowest BCUT2D eigenvalue weighted by atomic mass is 10.2. The normalized spacial score (nSPS) is 13.5. The van der Waals surface area contributed by atoms with Crippen LogP contribution in [-0.4, -0.2) is 25.3 Å². The van der Waals surface area contributed by atoms with Gasteiger partial charge < -0.3 is 10.1 Å². The Hall–Kier alpha value is -0.0800. The van der Waals surface area contributed by atoms with Crippen molar-refractivity contribution in [1.82, 2.24) is 5.32 Å². The van der Waals surface area contributed by atoms with Gasteiger partial charge in [-0.15, -0.1) is 0 Å². The first-order valence-electron chi connectivity index (χ1n) is 6.05. The summed E-state index contributed by atoms with van der Waals surface area (Å²) in [5.41, 5.74) is 0. The molecule has 0 aliphatic carbocycles. The minimum absolute atomic E-state index is 0.411. The fraction of sp³-hybridized carbons (Fsp3) is 1.00. The second kappa shape index (κ2) is 9.47. The van der Waals surface area contributed by atoms with E-state index in [4.69, 9.17) is 4.74 Å². The fourth-order valence-electron chi connectivity index (χ4n) is 1.33. The molecule has 0 rings (SSSR count). The molecule has 0 spiro atoms. The summed E-state index contributed by atoms with van der Waals surface area (Å²) in [5.74, 6) is 0. The van der Waals surface area contributed by atoms with Crippen molar-refractivity contribution < 1.29 is 4.74 Å². The van der Waals surface area contributed by atoms with Crippen molar-refractivity contribution in [3.05, 3.63) is 0 Å². The molecule has 0 aromatic carbocycles. The average molecular weight is 201 g/mol. The van der Waals surface area contributed by atoms with Gasteiger partial charge in [-0.2, -0.15) is 0 Å². The van der Waals surface area contributed by atoms with Crippen LogP contribution in [0.15, 0.2) is 0 Å². The van der Waals surface area contributed by atoms with E-state index in [0.29, 0.717) is 12.1 Å². The van der Waals surface area contributed by atoms with Crippen molar-refractivity contribution in [2.45, 2.75) is 65.5 Å². The van der Waals surface area contributed by atoms with E-state index in [9.17, 15) is 0 Å². The maximum absolute atomic E-state index is 5.81. The molecule has 0 aliphatic heterocycles. The largest absolute Gasteiger partial charge is 0.377 e. The summed E-state index contributed by atoms with van der Waals surface area (Å²) in [6.45, 7) is 10.7. The van der Waals surface area contributed by atoms with Gasteiger partial charge in [0.2, 0.25) is 0 Å². The van der Waals surface area contributed by atoms with Gasteiger partial charge in [-0.25, -0.2) is 0 Å². The fourth-order valence-corrected chi connectivity index (χ4v) is 1.33. The van der Waals surface area contributed by atoms with Gasteiger partial charge >= 0.3 is 0 Å². The molecule has 0 bridgehead atoms. The van der Waals surface area contributed by atoms with E-state index < -0.39 is 0 Å². The van der Waals surface area contributed by atoms with Crippen molar-refractivity contribution in [3.8, 4) is 0 Å². The Morgan fingerprint density at radius 3 is 2.36 bits per heavy atom. The summed E-state index contributed by atoms with van der Waals surface area (Å²) in [6.07, 6.45) is 5.19. The highest BCUT2D eigenvalue weighted by Crippen LogP contribution is 2.03. The molecule has 14 heavy (non-hydrogen) atoms. The molecule has 0 heterocycles. The lowest BCUT2D eigenvalue weighted by molar-refractivity contribution is 0.0440. The third-order valence-electron chi connectivity index (χ3n) is 2.22. The zero-order valence-electron chi connectivity index (χ0n) is 10.3. The molecule has 0 saturated carbocycles. The maximum atomic E-state index is 5.81. The van der Waals surface area contributed by atoms with Crippen molar-refractivity contribution in [1.29, 1.82) is 0 Å². The number of hydrogen-bond donors (Lipinski definition) is 1. The Balaban J connectivity index is 3.54. The summed E-state index contributed by atoms with van der Waals surface area (Å²) >= 11 is 0. The number of nitrogens with one attached hydrogen (secondary N) is 1. The minimum atomic E-state index is 0.411. The van der Waals surface area contributed by atoms with Crippen molar-refractivity contribution >= 4 is 0 Å². The standard InChI is InChI=1S/C12H27NO/c1-5-7-9-14-12(8-6-2)10-13-11(3)4/h11-13H,5-10H2,1-4H3. The van der Waals surface area contributed by atoms with Crippen molar-refractivity contribution in [2.75, 3.05) is 13.2 Å². The Morgan fingerprint density at radius 2 is 1.86 bits per heavy atom. The van der Waals surface area contributed by atoms with Crippen LogP contribution in [0.3, 0.4) is 0 Å². The quantitative estimate of drug-likeness (QED) is 0.579. The van der Waals surface area contributed by atoms with Crippen LogP contribution in [0.2, 0.25) is 0 Å². The summed E-state index contributed by atoms with van der Waals surface area (Å²) in [6, 6.07) is 0.559. The first-order valence-corrected chi connectivity index (χ1v) is 6.05. The van der Waals surface area contributed by atoms with Crippen LogP contribution < -0.4 is 5.32 Å². The van der Waals surface area contributed by atoms with Gasteiger partial charge in [-0.3, -0.25) is 0 Å². The monoisotopic (exact) mass is 201 g/mol. The molecule has 2 heteroatoms. The van der Waals surface area contributed by atoms with Crippen LogP contribution in [0.4, 0.5) is 0 Å². The van der Waals surface area contributed by atoms with E-state index in [1.54, 1.807) is 0 Å². The Bertz CT molecular complexity index is 115. The first-order chi connectivity index (χ1) is 6.70. The van der Waals surface area contributed by atoms with Crippen LogP contribution in [0.25, 0.3) is 0 Å². The smallest absolute Gasteiger partial charge is 0.0699 e. The predicted molar refractivity (Wildman–Crippen MR) is 62.7 cm³/mol. The van der Waals surface area contributed by atoms with Crippen LogP contribution in [0, 0.1) is 0 Å². The lowest BCUT2D eigenvalue weighted by Gasteiger charge is -2.19. The maximum Gasteiger partial charge on any atom is 0.0699 e. The van der Waals surface area contributed by atoms with Crippen molar-refractivity contribution in [3.63, 3.8) is 0 Å². The number of ether oxygens (including phenoxy) is 1. The Kier molecular flexibility index (Phi) is 9.42. The molecule has 86 valence electrons. The summed E-state index contributed by atoms with van der Waals surface area (Å²) in [7, 11) is 0. The highest BCUT2D eigenvalue weighted by atomic mass is 16.5. The van der Waals surface area contributed by atoms with E-state index >= 15 is 0 Å². The summed E-state index contributed by atoms with van der Waals surface area (Å²) in [4.78, 5) is 0. The number of unbranched alkanes of at least 4 members (excludes halogenated alkanes) is 1. The molecule has 2 nitrogen and oxygen atoms in total. The van der Waals surface area contributed by atoms with Gasteiger partial charge in [-0.05, 0) is 12.8 Å². The van der Waals surface area contributed by atoms with Crippen LogP contribution in [-0.2, 0) is 4.74 Å². The molecular weight excluding hydrogens is 174 g/mol. The molecule has 1 N–H and O–H groups in total. The van der Waals surface area contributed by atoms with Crippen LogP contribution in [0.1, 0.15) is 53.4 Å². The van der Waals surface area contributed by atoms with E-state index in [2.05, 4.69) is 33.0 Å². The van der Waals surface area contributed by atoms with Gasteiger partial charge in [0, 0.05) is 19.2 Å². The Morgan fingerprint density at radius 1 is 1.14 bits per heavy atom. The van der Waals surface area contributed by atoms with E-state index in [1.165, 1.54) is 25.7 Å². The molecule has 1 unspecified atom stereocenters. The molecule has 0 saturated heterocycles. The first kappa shape index (κ1) is 13.9. The van der Waals surface area contributed by atoms with E-state index in [-0.39, 0.29) is 0 Å². The SMILES string of the molecule is CCCCOC(CCC)CNC(C)C. The van der Waals surface area contributed by atoms with Gasteiger partial charge in [0.15, 0.2) is 0 Å². The molecular formula is C12H27NO. The van der Waals surface area contributed by atoms with E-state index in [1.807, 2.05) is 0 Å². The average Bonchev–Trinajstić information content (AvgIpc) is 2.14. The molecule has 0 aromatic rings. The number of rotatable bonds is 9. The zero-order chi connectivity index (χ0) is 10.8. The minimum Gasteiger partial charge on any atom is -0.377 e. The number of hydrogen-bond acceptors (Lipinski definition) is 2. The molecule has 0 aromatic heterocycles. The van der Waals surface area contributed by atoms with Crippen LogP contribution in [0.5, 0.6) is 0 Å². The molecule has 1 atom stereocenters. The molecule has 0 radical (unpaired) electrons. The molecule has 0 aliphatic rings. The van der Waals surface area contributed by atoms with Gasteiger partial charge in [-0.1, -0.05) is 40.5 Å². The topological polar surface area (TPSA) is 21.3 Å². The van der Waals surface area contributed by atoms with Gasteiger partial charge in [0.1, 0.15) is 0 Å². The van der Waals surface area contributed by atoms with Gasteiger partial charge in [0.25, 0.3) is 0 Å². The second-order valence-corrected chi connectivity index (χ2v) is 4.20.